The van der Waals surface area contributed by atoms with E-state index in [1.807, 2.05) is 12.1 Å². The first kappa shape index (κ1) is 16.9. The second-order valence-electron chi connectivity index (χ2n) is 7.60. The fraction of sp³-hybridized carbons (Fsp3) is 0.348. The van der Waals surface area contributed by atoms with Crippen LogP contribution in [0.15, 0.2) is 48.5 Å². The van der Waals surface area contributed by atoms with Crippen LogP contribution < -0.4 is 0 Å². The molecule has 1 amide bonds. The lowest BCUT2D eigenvalue weighted by Gasteiger charge is -2.32. The molecule has 2 heterocycles. The highest BCUT2D eigenvalue weighted by Crippen LogP contribution is 2.29. The summed E-state index contributed by atoms with van der Waals surface area (Å²) < 4.78 is 0. The molecule has 0 radical (unpaired) electrons. The predicted octanol–water partition coefficient (Wildman–Crippen LogP) is 4.73. The van der Waals surface area contributed by atoms with Crippen LogP contribution in [0.5, 0.6) is 0 Å². The van der Waals surface area contributed by atoms with Gasteiger partial charge in [0, 0.05) is 30.2 Å². The molecule has 1 fully saturated rings. The molecule has 0 spiro atoms. The van der Waals surface area contributed by atoms with Gasteiger partial charge in [-0.1, -0.05) is 35.9 Å². The van der Waals surface area contributed by atoms with Gasteiger partial charge in [-0.05, 0) is 61.4 Å². The van der Waals surface area contributed by atoms with Gasteiger partial charge in [0.2, 0.25) is 5.91 Å². The maximum Gasteiger partial charge on any atom is 0.227 e. The normalized spacial score (nSPS) is 17.6. The smallest absolute Gasteiger partial charge is 0.227 e. The first-order valence-electron chi connectivity index (χ1n) is 9.52. The largest absolute Gasteiger partial charge is 0.358 e. The van der Waals surface area contributed by atoms with Crippen LogP contribution in [0.2, 0.25) is 0 Å². The van der Waals surface area contributed by atoms with Crippen molar-refractivity contribution in [2.75, 3.05) is 13.1 Å². The Morgan fingerprint density at radius 3 is 2.85 bits per heavy atom. The first-order valence-corrected chi connectivity index (χ1v) is 9.52. The number of likely N-dealkylation sites (tertiary alicyclic amines) is 1. The number of aryl methyl sites for hydroxylation is 2. The van der Waals surface area contributed by atoms with E-state index in [-0.39, 0.29) is 5.91 Å². The van der Waals surface area contributed by atoms with E-state index in [9.17, 15) is 4.79 Å². The number of benzene rings is 2. The van der Waals surface area contributed by atoms with Crippen LogP contribution in [0, 0.1) is 13.8 Å². The highest BCUT2D eigenvalue weighted by Gasteiger charge is 2.26. The van der Waals surface area contributed by atoms with E-state index in [1.54, 1.807) is 0 Å². The maximum atomic E-state index is 12.8. The molecule has 26 heavy (non-hydrogen) atoms. The van der Waals surface area contributed by atoms with Crippen LogP contribution in [0.1, 0.15) is 41.1 Å². The Hall–Kier alpha value is -2.55. The number of carbonyl (C=O) groups excluding carboxylic acids is 1. The van der Waals surface area contributed by atoms with Crippen molar-refractivity contribution < 1.29 is 4.79 Å². The highest BCUT2D eigenvalue weighted by atomic mass is 16.2. The molecule has 1 aliphatic heterocycles. The minimum atomic E-state index is 0.246. The summed E-state index contributed by atoms with van der Waals surface area (Å²) in [6, 6.07) is 17.0. The first-order chi connectivity index (χ1) is 12.6. The second-order valence-corrected chi connectivity index (χ2v) is 7.60. The zero-order valence-corrected chi connectivity index (χ0v) is 15.6. The molecule has 1 unspecified atom stereocenters. The van der Waals surface area contributed by atoms with E-state index in [2.05, 4.69) is 60.1 Å². The van der Waals surface area contributed by atoms with E-state index in [4.69, 9.17) is 0 Å². The van der Waals surface area contributed by atoms with E-state index in [0.717, 1.165) is 31.5 Å². The van der Waals surface area contributed by atoms with Gasteiger partial charge < -0.3 is 9.88 Å². The van der Waals surface area contributed by atoms with Crippen molar-refractivity contribution in [2.24, 2.45) is 0 Å². The minimum absolute atomic E-state index is 0.246. The number of aromatic nitrogens is 1. The topological polar surface area (TPSA) is 36.1 Å². The van der Waals surface area contributed by atoms with Crippen molar-refractivity contribution in [1.29, 1.82) is 0 Å². The number of hydrogen-bond acceptors (Lipinski definition) is 1. The van der Waals surface area contributed by atoms with E-state index < -0.39 is 0 Å². The molecule has 1 saturated heterocycles. The molecule has 134 valence electrons. The molecule has 3 heteroatoms. The number of carbonyl (C=O) groups is 1. The molecule has 3 nitrogen and oxygen atoms in total. The summed E-state index contributed by atoms with van der Waals surface area (Å²) in [4.78, 5) is 18.5. The van der Waals surface area contributed by atoms with Crippen molar-refractivity contribution >= 4 is 16.8 Å². The van der Waals surface area contributed by atoms with Gasteiger partial charge >= 0.3 is 0 Å². The molecule has 1 N–H and O–H groups in total. The number of H-pyrrole nitrogens is 1. The Labute approximate surface area is 155 Å². The quantitative estimate of drug-likeness (QED) is 0.731. The van der Waals surface area contributed by atoms with Crippen LogP contribution in [-0.4, -0.2) is 28.9 Å². The van der Waals surface area contributed by atoms with Gasteiger partial charge in [0.15, 0.2) is 0 Å². The van der Waals surface area contributed by atoms with Gasteiger partial charge in [0.25, 0.3) is 0 Å². The summed E-state index contributed by atoms with van der Waals surface area (Å²) in [6.07, 6.45) is 2.71. The third-order valence-electron chi connectivity index (χ3n) is 5.61. The Kier molecular flexibility index (Phi) is 4.54. The van der Waals surface area contributed by atoms with Gasteiger partial charge in [0.1, 0.15) is 0 Å². The second kappa shape index (κ2) is 6.99. The number of aromatic amines is 1. The number of nitrogens with zero attached hydrogens (tertiary/aromatic N) is 1. The van der Waals surface area contributed by atoms with Crippen molar-refractivity contribution in [3.63, 3.8) is 0 Å². The molecule has 0 bridgehead atoms. The number of fused-ring (bicyclic) bond motifs is 1. The van der Waals surface area contributed by atoms with Crippen molar-refractivity contribution in [2.45, 2.75) is 39.0 Å². The fourth-order valence-electron chi connectivity index (χ4n) is 4.04. The van der Waals surface area contributed by atoms with Gasteiger partial charge in [-0.15, -0.1) is 0 Å². The maximum absolute atomic E-state index is 12.8. The standard InChI is InChI=1S/C23H26N2O/c1-16-9-10-21-20(12-16)13-22(24-21)19-8-5-11-25(15-19)23(26)14-18-7-4-3-6-17(18)2/h3-4,6-7,9-10,12-13,19,24H,5,8,11,14-15H2,1-2H3. The summed E-state index contributed by atoms with van der Waals surface area (Å²) in [7, 11) is 0. The summed E-state index contributed by atoms with van der Waals surface area (Å²) in [5, 5.41) is 1.27. The lowest BCUT2D eigenvalue weighted by atomic mass is 9.94. The molecule has 4 rings (SSSR count). The Morgan fingerprint density at radius 1 is 1.15 bits per heavy atom. The summed E-state index contributed by atoms with van der Waals surface area (Å²) in [6.45, 7) is 5.89. The number of nitrogens with one attached hydrogen (secondary N) is 1. The zero-order chi connectivity index (χ0) is 18.1. The Balaban J connectivity index is 1.49. The summed E-state index contributed by atoms with van der Waals surface area (Å²) >= 11 is 0. The van der Waals surface area contributed by atoms with Crippen LogP contribution in [0.4, 0.5) is 0 Å². The van der Waals surface area contributed by atoms with Gasteiger partial charge in [-0.2, -0.15) is 0 Å². The molecular formula is C23H26N2O. The van der Waals surface area contributed by atoms with Crippen LogP contribution >= 0.6 is 0 Å². The lowest BCUT2D eigenvalue weighted by molar-refractivity contribution is -0.131. The number of rotatable bonds is 3. The molecular weight excluding hydrogens is 320 g/mol. The minimum Gasteiger partial charge on any atom is -0.358 e. The SMILES string of the molecule is Cc1ccc2[nH]c(C3CCCN(C(=O)Cc4ccccc4C)C3)cc2c1. The predicted molar refractivity (Wildman–Crippen MR) is 106 cm³/mol. The van der Waals surface area contributed by atoms with E-state index >= 15 is 0 Å². The number of piperidine rings is 1. The van der Waals surface area contributed by atoms with Crippen LogP contribution in [-0.2, 0) is 11.2 Å². The molecule has 3 aromatic rings. The molecule has 1 atom stereocenters. The van der Waals surface area contributed by atoms with Crippen molar-refractivity contribution in [3.05, 3.63) is 70.9 Å². The molecule has 0 aliphatic carbocycles. The molecule has 1 aromatic heterocycles. The molecule has 2 aromatic carbocycles. The van der Waals surface area contributed by atoms with Crippen molar-refractivity contribution in [3.8, 4) is 0 Å². The Bertz CT molecular complexity index is 940. The van der Waals surface area contributed by atoms with E-state index in [0.29, 0.717) is 12.3 Å². The fourth-order valence-corrected chi connectivity index (χ4v) is 4.04. The van der Waals surface area contributed by atoms with Gasteiger partial charge in [0.05, 0.1) is 6.42 Å². The Morgan fingerprint density at radius 2 is 2.00 bits per heavy atom. The highest BCUT2D eigenvalue weighted by molar-refractivity contribution is 5.82. The van der Waals surface area contributed by atoms with Gasteiger partial charge in [-0.3, -0.25) is 4.79 Å². The third-order valence-corrected chi connectivity index (χ3v) is 5.61. The average Bonchev–Trinajstić information content (AvgIpc) is 3.07. The van der Waals surface area contributed by atoms with Crippen LogP contribution in [0.25, 0.3) is 10.9 Å². The molecule has 1 aliphatic rings. The summed E-state index contributed by atoms with van der Waals surface area (Å²) in [5.74, 6) is 0.647. The summed E-state index contributed by atoms with van der Waals surface area (Å²) in [5.41, 5.74) is 6.07. The number of hydrogen-bond donors (Lipinski definition) is 1. The lowest BCUT2D eigenvalue weighted by Crippen LogP contribution is -2.40. The zero-order valence-electron chi connectivity index (χ0n) is 15.6. The van der Waals surface area contributed by atoms with Gasteiger partial charge in [-0.25, -0.2) is 0 Å². The monoisotopic (exact) mass is 346 g/mol. The third kappa shape index (κ3) is 3.39. The number of amides is 1. The van der Waals surface area contributed by atoms with Crippen LogP contribution in [0.3, 0.4) is 0 Å². The van der Waals surface area contributed by atoms with E-state index in [1.165, 1.54) is 27.7 Å². The van der Waals surface area contributed by atoms with Crippen molar-refractivity contribution in [1.82, 2.24) is 9.88 Å². The molecule has 0 saturated carbocycles. The average molecular weight is 346 g/mol.